The van der Waals surface area contributed by atoms with E-state index < -0.39 is 0 Å². The smallest absolute Gasteiger partial charge is 0.119 e. The third-order valence-electron chi connectivity index (χ3n) is 3.87. The molecule has 2 nitrogen and oxygen atoms in total. The first-order valence-electron chi connectivity index (χ1n) is 7.69. The molecule has 0 saturated heterocycles. The lowest BCUT2D eigenvalue weighted by atomic mass is 9.81. The van der Waals surface area contributed by atoms with E-state index in [0.717, 1.165) is 12.3 Å². The zero-order valence-electron chi connectivity index (χ0n) is 12.5. The van der Waals surface area contributed by atoms with Crippen LogP contribution < -0.4 is 10.1 Å². The van der Waals surface area contributed by atoms with Crippen molar-refractivity contribution in [3.05, 3.63) is 29.8 Å². The quantitative estimate of drug-likeness (QED) is 0.861. The Morgan fingerprint density at radius 3 is 2.89 bits per heavy atom. The maximum absolute atomic E-state index is 5.80. The third-order valence-corrected chi connectivity index (χ3v) is 3.87. The van der Waals surface area contributed by atoms with Gasteiger partial charge in [-0.3, -0.25) is 0 Å². The van der Waals surface area contributed by atoms with Gasteiger partial charge in [-0.2, -0.15) is 0 Å². The molecule has 0 spiro atoms. The monoisotopic (exact) mass is 261 g/mol. The minimum absolute atomic E-state index is 0.246. The third kappa shape index (κ3) is 4.24. The van der Waals surface area contributed by atoms with Crippen LogP contribution in [0.2, 0.25) is 0 Å². The van der Waals surface area contributed by atoms with E-state index in [1.54, 1.807) is 0 Å². The lowest BCUT2D eigenvalue weighted by Crippen LogP contribution is -2.33. The van der Waals surface area contributed by atoms with Gasteiger partial charge in [0.1, 0.15) is 5.75 Å². The summed E-state index contributed by atoms with van der Waals surface area (Å²) in [4.78, 5) is 0. The topological polar surface area (TPSA) is 21.3 Å². The highest BCUT2D eigenvalue weighted by molar-refractivity contribution is 5.31. The Bertz CT molecular complexity index is 387. The van der Waals surface area contributed by atoms with E-state index in [0.29, 0.717) is 12.0 Å². The van der Waals surface area contributed by atoms with Crippen LogP contribution in [0, 0.1) is 0 Å². The van der Waals surface area contributed by atoms with E-state index in [9.17, 15) is 0 Å². The highest BCUT2D eigenvalue weighted by atomic mass is 16.5. The molecule has 2 rings (SSSR count). The molecular formula is C17H27NO. The molecule has 2 heteroatoms. The van der Waals surface area contributed by atoms with Gasteiger partial charge in [0.05, 0.1) is 6.10 Å². The number of nitrogens with one attached hydrogen (secondary N) is 1. The zero-order chi connectivity index (χ0) is 13.7. The Morgan fingerprint density at radius 2 is 2.16 bits per heavy atom. The van der Waals surface area contributed by atoms with Gasteiger partial charge in [0, 0.05) is 6.04 Å². The molecule has 1 fully saturated rings. The van der Waals surface area contributed by atoms with Crippen LogP contribution in [0.15, 0.2) is 24.3 Å². The Morgan fingerprint density at radius 1 is 1.32 bits per heavy atom. The van der Waals surface area contributed by atoms with Gasteiger partial charge in [0.25, 0.3) is 0 Å². The van der Waals surface area contributed by atoms with Gasteiger partial charge in [0.2, 0.25) is 0 Å². The zero-order valence-corrected chi connectivity index (χ0v) is 12.5. The van der Waals surface area contributed by atoms with Gasteiger partial charge in [0.15, 0.2) is 0 Å². The van der Waals surface area contributed by atoms with Crippen LogP contribution >= 0.6 is 0 Å². The van der Waals surface area contributed by atoms with Crippen LogP contribution in [0.4, 0.5) is 0 Å². The van der Waals surface area contributed by atoms with E-state index >= 15 is 0 Å². The summed E-state index contributed by atoms with van der Waals surface area (Å²) in [5.74, 6) is 1.70. The molecule has 0 aromatic heterocycles. The summed E-state index contributed by atoms with van der Waals surface area (Å²) in [6.45, 7) is 7.43. The molecule has 1 aliphatic carbocycles. The van der Waals surface area contributed by atoms with Crippen LogP contribution in [0.1, 0.15) is 57.9 Å². The van der Waals surface area contributed by atoms with E-state index in [1.807, 2.05) is 0 Å². The molecule has 0 heterocycles. The van der Waals surface area contributed by atoms with Crippen LogP contribution in [0.5, 0.6) is 5.75 Å². The molecule has 1 aromatic rings. The summed E-state index contributed by atoms with van der Waals surface area (Å²) in [7, 11) is 0. The lowest BCUT2D eigenvalue weighted by Gasteiger charge is -2.30. The second-order valence-corrected chi connectivity index (χ2v) is 5.86. The Hall–Kier alpha value is -1.02. The number of hydrogen-bond donors (Lipinski definition) is 1. The van der Waals surface area contributed by atoms with Crippen LogP contribution in [-0.4, -0.2) is 18.7 Å². The molecule has 2 atom stereocenters. The van der Waals surface area contributed by atoms with Crippen LogP contribution in [-0.2, 0) is 0 Å². The molecule has 1 aliphatic rings. The van der Waals surface area contributed by atoms with E-state index in [4.69, 9.17) is 4.74 Å². The molecule has 0 bridgehead atoms. The molecule has 0 amide bonds. The van der Waals surface area contributed by atoms with Crippen molar-refractivity contribution < 1.29 is 4.74 Å². The first-order valence-corrected chi connectivity index (χ1v) is 7.69. The Kier molecular flexibility index (Phi) is 5.26. The van der Waals surface area contributed by atoms with Crippen molar-refractivity contribution in [2.24, 2.45) is 0 Å². The standard InChI is InChI=1S/C17H27NO/c1-4-18-16-9-5-7-14(11-16)15-8-6-10-17(12-15)19-13(2)3/h6,8,10,12-14,16,18H,4-5,7,9,11H2,1-3H3. The van der Waals surface area contributed by atoms with Gasteiger partial charge in [-0.25, -0.2) is 0 Å². The van der Waals surface area contributed by atoms with Gasteiger partial charge < -0.3 is 10.1 Å². The number of hydrogen-bond acceptors (Lipinski definition) is 2. The summed E-state index contributed by atoms with van der Waals surface area (Å²) < 4.78 is 5.80. The first kappa shape index (κ1) is 14.4. The molecule has 1 aromatic carbocycles. The van der Waals surface area contributed by atoms with Crippen molar-refractivity contribution in [1.29, 1.82) is 0 Å². The summed E-state index contributed by atoms with van der Waals surface area (Å²) in [5.41, 5.74) is 1.45. The lowest BCUT2D eigenvalue weighted by molar-refractivity contribution is 0.241. The van der Waals surface area contributed by atoms with E-state index in [1.165, 1.54) is 31.2 Å². The second kappa shape index (κ2) is 6.95. The summed E-state index contributed by atoms with van der Waals surface area (Å²) >= 11 is 0. The Balaban J connectivity index is 2.04. The minimum atomic E-state index is 0.246. The van der Waals surface area contributed by atoms with Gasteiger partial charge >= 0.3 is 0 Å². The molecule has 2 unspecified atom stereocenters. The molecule has 106 valence electrons. The van der Waals surface area contributed by atoms with Crippen LogP contribution in [0.25, 0.3) is 0 Å². The fourth-order valence-corrected chi connectivity index (χ4v) is 3.08. The average Bonchev–Trinajstić information content (AvgIpc) is 2.39. The van der Waals surface area contributed by atoms with Crippen molar-refractivity contribution in [2.45, 2.75) is 64.5 Å². The fourth-order valence-electron chi connectivity index (χ4n) is 3.08. The largest absolute Gasteiger partial charge is 0.491 e. The van der Waals surface area contributed by atoms with Gasteiger partial charge in [-0.05, 0) is 63.3 Å². The van der Waals surface area contributed by atoms with Crippen molar-refractivity contribution in [3.8, 4) is 5.75 Å². The summed E-state index contributed by atoms with van der Waals surface area (Å²) in [6, 6.07) is 9.38. The molecule has 19 heavy (non-hydrogen) atoms. The van der Waals surface area contributed by atoms with Crippen molar-refractivity contribution >= 4 is 0 Å². The summed E-state index contributed by atoms with van der Waals surface area (Å²) in [6.07, 6.45) is 5.48. The minimum Gasteiger partial charge on any atom is -0.491 e. The second-order valence-electron chi connectivity index (χ2n) is 5.86. The van der Waals surface area contributed by atoms with Gasteiger partial charge in [-0.1, -0.05) is 25.5 Å². The highest BCUT2D eigenvalue weighted by Gasteiger charge is 2.22. The normalized spacial score (nSPS) is 23.6. The number of rotatable bonds is 5. The first-order chi connectivity index (χ1) is 9.19. The SMILES string of the molecule is CCNC1CCCC(c2cccc(OC(C)C)c2)C1. The number of benzene rings is 1. The van der Waals surface area contributed by atoms with E-state index in [-0.39, 0.29) is 6.10 Å². The molecular weight excluding hydrogens is 234 g/mol. The molecule has 0 radical (unpaired) electrons. The average molecular weight is 261 g/mol. The predicted molar refractivity (Wildman–Crippen MR) is 80.9 cm³/mol. The maximum Gasteiger partial charge on any atom is 0.119 e. The van der Waals surface area contributed by atoms with E-state index in [2.05, 4.69) is 50.4 Å². The fraction of sp³-hybridized carbons (Fsp3) is 0.647. The van der Waals surface area contributed by atoms with Crippen molar-refractivity contribution in [3.63, 3.8) is 0 Å². The van der Waals surface area contributed by atoms with Crippen LogP contribution in [0.3, 0.4) is 0 Å². The maximum atomic E-state index is 5.80. The predicted octanol–water partition coefficient (Wildman–Crippen LogP) is 4.11. The molecule has 1 saturated carbocycles. The Labute approximate surface area is 117 Å². The van der Waals surface area contributed by atoms with Gasteiger partial charge in [-0.15, -0.1) is 0 Å². The highest BCUT2D eigenvalue weighted by Crippen LogP contribution is 2.34. The number of ether oxygens (including phenoxy) is 1. The summed E-state index contributed by atoms with van der Waals surface area (Å²) in [5, 5.41) is 3.60. The molecule has 1 N–H and O–H groups in total. The van der Waals surface area contributed by atoms with Crippen molar-refractivity contribution in [1.82, 2.24) is 5.32 Å². The molecule has 0 aliphatic heterocycles. The van der Waals surface area contributed by atoms with Crippen molar-refractivity contribution in [2.75, 3.05) is 6.54 Å².